The number of carbonyl (C=O) groups is 1. The summed E-state index contributed by atoms with van der Waals surface area (Å²) in [6, 6.07) is 13.8. The first-order chi connectivity index (χ1) is 14.9. The largest absolute Gasteiger partial charge is 0.489 e. The van der Waals surface area contributed by atoms with Crippen LogP contribution in [0.15, 0.2) is 66.4 Å². The number of ether oxygens (including phenoxy) is 3. The molecule has 1 heterocycles. The minimum atomic E-state index is -3.02. The summed E-state index contributed by atoms with van der Waals surface area (Å²) in [6.07, 6.45) is 1.30. The van der Waals surface area contributed by atoms with Crippen molar-refractivity contribution in [3.8, 4) is 17.2 Å². The number of rotatable bonds is 6. The predicted octanol–water partition coefficient (Wildman–Crippen LogP) is 5.76. The van der Waals surface area contributed by atoms with Gasteiger partial charge in [0.2, 0.25) is 5.78 Å². The van der Waals surface area contributed by atoms with Gasteiger partial charge in [-0.05, 0) is 36.4 Å². The van der Waals surface area contributed by atoms with Crippen LogP contribution in [0.5, 0.6) is 17.2 Å². The molecule has 31 heavy (non-hydrogen) atoms. The number of hydrogen-bond donors (Lipinski definition) is 0. The van der Waals surface area contributed by atoms with E-state index in [-0.39, 0.29) is 46.3 Å². The summed E-state index contributed by atoms with van der Waals surface area (Å²) in [5.74, 6) is -1.70. The summed E-state index contributed by atoms with van der Waals surface area (Å²) in [4.78, 5) is 12.6. The number of carbonyl (C=O) groups excluding carboxylic acids is 1. The second kappa shape index (κ2) is 8.51. The van der Waals surface area contributed by atoms with Crippen LogP contribution in [0, 0.1) is 11.6 Å². The molecule has 8 heteroatoms. The van der Waals surface area contributed by atoms with E-state index < -0.39 is 24.0 Å². The molecule has 1 aliphatic heterocycles. The summed E-state index contributed by atoms with van der Waals surface area (Å²) in [5.41, 5.74) is 0.254. The van der Waals surface area contributed by atoms with Crippen LogP contribution in [0.3, 0.4) is 0 Å². The molecule has 0 unspecified atom stereocenters. The van der Waals surface area contributed by atoms with Crippen molar-refractivity contribution in [2.75, 3.05) is 0 Å². The lowest BCUT2D eigenvalue weighted by Crippen LogP contribution is -2.04. The monoisotopic (exact) mass is 430 g/mol. The van der Waals surface area contributed by atoms with Crippen molar-refractivity contribution in [2.24, 2.45) is 0 Å². The molecule has 0 aliphatic carbocycles. The lowest BCUT2D eigenvalue weighted by Gasteiger charge is -2.09. The molecule has 0 spiro atoms. The molecule has 0 aromatic heterocycles. The van der Waals surface area contributed by atoms with Gasteiger partial charge in [-0.2, -0.15) is 8.78 Å². The Labute approximate surface area is 174 Å². The number of Topliss-reactive ketones (excluding diaryl/α,β-unsaturated/α-hetero) is 1. The van der Waals surface area contributed by atoms with E-state index in [0.29, 0.717) is 0 Å². The summed E-state index contributed by atoms with van der Waals surface area (Å²) < 4.78 is 68.1. The molecule has 0 atom stereocenters. The molecule has 4 nitrogen and oxygen atoms in total. The maximum Gasteiger partial charge on any atom is 0.387 e. The van der Waals surface area contributed by atoms with E-state index in [9.17, 15) is 22.4 Å². The minimum Gasteiger partial charge on any atom is -0.489 e. The average Bonchev–Trinajstić information content (AvgIpc) is 3.03. The molecule has 0 radical (unpaired) electrons. The lowest BCUT2D eigenvalue weighted by atomic mass is 10.1. The molecule has 0 saturated heterocycles. The molecule has 3 aromatic rings. The van der Waals surface area contributed by atoms with Gasteiger partial charge in [-0.1, -0.05) is 24.3 Å². The Kier molecular flexibility index (Phi) is 5.62. The molecular weight excluding hydrogens is 416 g/mol. The van der Waals surface area contributed by atoms with Gasteiger partial charge in [-0.15, -0.1) is 0 Å². The zero-order valence-electron chi connectivity index (χ0n) is 15.8. The third-order valence-electron chi connectivity index (χ3n) is 4.51. The van der Waals surface area contributed by atoms with E-state index in [2.05, 4.69) is 4.74 Å². The third-order valence-corrected chi connectivity index (χ3v) is 4.51. The maximum atomic E-state index is 13.7. The quantitative estimate of drug-likeness (QED) is 0.368. The Hall–Kier alpha value is -3.81. The fraction of sp³-hybridized carbons (Fsp3) is 0.0870. The molecule has 1 aliphatic rings. The van der Waals surface area contributed by atoms with E-state index in [1.807, 2.05) is 0 Å². The molecular formula is C23H14F4O4. The highest BCUT2D eigenvalue weighted by Gasteiger charge is 2.28. The molecule has 158 valence electrons. The van der Waals surface area contributed by atoms with Crippen LogP contribution in [0.2, 0.25) is 0 Å². The van der Waals surface area contributed by atoms with Crippen molar-refractivity contribution in [3.05, 3.63) is 94.7 Å². The van der Waals surface area contributed by atoms with Crippen molar-refractivity contribution >= 4 is 11.9 Å². The Morgan fingerprint density at radius 2 is 1.71 bits per heavy atom. The van der Waals surface area contributed by atoms with Crippen molar-refractivity contribution in [2.45, 2.75) is 13.2 Å². The van der Waals surface area contributed by atoms with Crippen molar-refractivity contribution < 1.29 is 36.6 Å². The number of fused-ring (bicyclic) bond motifs is 1. The molecule has 0 N–H and O–H groups in total. The first-order valence-electron chi connectivity index (χ1n) is 9.10. The molecule has 0 amide bonds. The van der Waals surface area contributed by atoms with Crippen LogP contribution in [-0.4, -0.2) is 12.4 Å². The van der Waals surface area contributed by atoms with E-state index in [0.717, 1.165) is 12.1 Å². The number of benzene rings is 3. The first kappa shape index (κ1) is 20.5. The molecule has 4 rings (SSSR count). The van der Waals surface area contributed by atoms with E-state index >= 15 is 0 Å². The van der Waals surface area contributed by atoms with Gasteiger partial charge in [0.1, 0.15) is 35.5 Å². The molecule has 0 saturated carbocycles. The Bertz CT molecular complexity index is 1150. The minimum absolute atomic E-state index is 0.0855. The van der Waals surface area contributed by atoms with Crippen LogP contribution >= 0.6 is 0 Å². The number of hydrogen-bond acceptors (Lipinski definition) is 4. The Morgan fingerprint density at radius 3 is 2.45 bits per heavy atom. The Morgan fingerprint density at radius 1 is 0.968 bits per heavy atom. The summed E-state index contributed by atoms with van der Waals surface area (Å²) in [5, 5.41) is 0. The number of halogens is 4. The van der Waals surface area contributed by atoms with Gasteiger partial charge in [0, 0.05) is 11.6 Å². The number of alkyl halides is 2. The first-order valence-corrected chi connectivity index (χ1v) is 9.10. The third kappa shape index (κ3) is 4.37. The van der Waals surface area contributed by atoms with Crippen molar-refractivity contribution in [3.63, 3.8) is 0 Å². The summed E-state index contributed by atoms with van der Waals surface area (Å²) >= 11 is 0. The zero-order chi connectivity index (χ0) is 22.0. The molecule has 3 aromatic carbocycles. The van der Waals surface area contributed by atoms with E-state index in [1.165, 1.54) is 48.5 Å². The maximum absolute atomic E-state index is 13.7. The van der Waals surface area contributed by atoms with Crippen molar-refractivity contribution in [1.29, 1.82) is 0 Å². The fourth-order valence-electron chi connectivity index (χ4n) is 3.03. The van der Waals surface area contributed by atoms with Crippen molar-refractivity contribution in [1.82, 2.24) is 0 Å². The van der Waals surface area contributed by atoms with Crippen LogP contribution < -0.4 is 14.2 Å². The van der Waals surface area contributed by atoms with E-state index in [4.69, 9.17) is 9.47 Å². The Balaban J connectivity index is 1.54. The van der Waals surface area contributed by atoms with Gasteiger partial charge in [-0.25, -0.2) is 8.78 Å². The van der Waals surface area contributed by atoms with Gasteiger partial charge in [0.15, 0.2) is 5.76 Å². The summed E-state index contributed by atoms with van der Waals surface area (Å²) in [7, 11) is 0. The summed E-state index contributed by atoms with van der Waals surface area (Å²) in [6.45, 7) is -3.37. The average molecular weight is 430 g/mol. The standard InChI is InChI=1S/C23H14F4O4/c24-17-5-3-6-18(25)16(17)12-29-14-8-9-15-20(11-14)30-21(22(15)28)10-13-4-1-2-7-19(13)31-23(26)27/h1-11,23H,12H2/b21-10-. The van der Waals surface area contributed by atoms with Crippen LogP contribution in [0.4, 0.5) is 17.6 Å². The smallest absolute Gasteiger partial charge is 0.387 e. The highest BCUT2D eigenvalue weighted by Crippen LogP contribution is 2.36. The number of allylic oxidation sites excluding steroid dienone is 1. The van der Waals surface area contributed by atoms with Gasteiger partial charge in [0.05, 0.1) is 11.1 Å². The molecule has 0 bridgehead atoms. The number of para-hydroxylation sites is 1. The van der Waals surface area contributed by atoms with Crippen LogP contribution in [-0.2, 0) is 6.61 Å². The van der Waals surface area contributed by atoms with Crippen LogP contribution in [0.1, 0.15) is 21.5 Å². The number of ketones is 1. The highest BCUT2D eigenvalue weighted by atomic mass is 19.3. The van der Waals surface area contributed by atoms with Crippen LogP contribution in [0.25, 0.3) is 6.08 Å². The fourth-order valence-corrected chi connectivity index (χ4v) is 3.03. The predicted molar refractivity (Wildman–Crippen MR) is 103 cm³/mol. The second-order valence-electron chi connectivity index (χ2n) is 6.50. The second-order valence-corrected chi connectivity index (χ2v) is 6.50. The SMILES string of the molecule is O=C1/C(=C/c2ccccc2OC(F)F)Oc2cc(OCc3c(F)cccc3F)ccc21. The molecule has 0 fully saturated rings. The lowest BCUT2D eigenvalue weighted by molar-refractivity contribution is -0.0499. The zero-order valence-corrected chi connectivity index (χ0v) is 15.8. The highest BCUT2D eigenvalue weighted by molar-refractivity contribution is 6.14. The normalized spacial score (nSPS) is 14.0. The topological polar surface area (TPSA) is 44.8 Å². The van der Waals surface area contributed by atoms with Gasteiger partial charge in [0.25, 0.3) is 0 Å². The van der Waals surface area contributed by atoms with Gasteiger partial charge < -0.3 is 14.2 Å². The van der Waals surface area contributed by atoms with E-state index in [1.54, 1.807) is 6.07 Å². The van der Waals surface area contributed by atoms with Gasteiger partial charge >= 0.3 is 6.61 Å². The van der Waals surface area contributed by atoms with Gasteiger partial charge in [-0.3, -0.25) is 4.79 Å².